The monoisotopic (exact) mass is 309 g/mol. The molecule has 2 heterocycles. The van der Waals surface area contributed by atoms with Gasteiger partial charge < -0.3 is 10.4 Å². The number of fused-ring (bicyclic) bond motifs is 1. The highest BCUT2D eigenvalue weighted by molar-refractivity contribution is 5.87. The second-order valence-electron chi connectivity index (χ2n) is 6.98. The lowest BCUT2D eigenvalue weighted by Crippen LogP contribution is -2.60. The second-order valence-corrected chi connectivity index (χ2v) is 6.98. The average Bonchev–Trinajstić information content (AvgIpc) is 2.99. The summed E-state index contributed by atoms with van der Waals surface area (Å²) in [5, 5.41) is 12.2. The summed E-state index contributed by atoms with van der Waals surface area (Å²) in [4.78, 5) is 27.9. The Hall–Kier alpha value is -1.14. The standard InChI is InChI=1S/C16H27N3O3/c1-2-18(11-14(20)21)13-9-12(10-13)17-15(22)16-5-3-7-19(16)8-4-6-16/h12-13H,2-11H2,1H3,(H,17,22)(H,20,21). The Balaban J connectivity index is 1.50. The topological polar surface area (TPSA) is 72.9 Å². The lowest BCUT2D eigenvalue weighted by Gasteiger charge is -2.43. The smallest absolute Gasteiger partial charge is 0.317 e. The van der Waals surface area contributed by atoms with E-state index in [9.17, 15) is 9.59 Å². The van der Waals surface area contributed by atoms with Gasteiger partial charge in [-0.15, -0.1) is 0 Å². The molecule has 3 rings (SSSR count). The van der Waals surface area contributed by atoms with Gasteiger partial charge in [0.1, 0.15) is 5.54 Å². The van der Waals surface area contributed by atoms with Gasteiger partial charge in [0.2, 0.25) is 5.91 Å². The van der Waals surface area contributed by atoms with E-state index in [0.717, 1.165) is 58.2 Å². The molecule has 0 aromatic carbocycles. The first-order valence-corrected chi connectivity index (χ1v) is 8.57. The van der Waals surface area contributed by atoms with Crippen LogP contribution in [0.3, 0.4) is 0 Å². The molecule has 0 aromatic heterocycles. The van der Waals surface area contributed by atoms with E-state index in [4.69, 9.17) is 5.11 Å². The number of likely N-dealkylation sites (N-methyl/N-ethyl adjacent to an activating group) is 1. The summed E-state index contributed by atoms with van der Waals surface area (Å²) >= 11 is 0. The van der Waals surface area contributed by atoms with Crippen LogP contribution in [0, 0.1) is 0 Å². The van der Waals surface area contributed by atoms with Crippen molar-refractivity contribution in [1.29, 1.82) is 0 Å². The molecule has 2 aliphatic heterocycles. The second kappa shape index (κ2) is 6.16. The molecule has 6 nitrogen and oxygen atoms in total. The van der Waals surface area contributed by atoms with Gasteiger partial charge in [-0.25, -0.2) is 0 Å². The highest BCUT2D eigenvalue weighted by Crippen LogP contribution is 2.39. The molecule has 2 N–H and O–H groups in total. The minimum atomic E-state index is -0.777. The van der Waals surface area contributed by atoms with Crippen molar-refractivity contribution in [2.45, 2.75) is 63.1 Å². The van der Waals surface area contributed by atoms with Gasteiger partial charge in [0.25, 0.3) is 0 Å². The van der Waals surface area contributed by atoms with Crippen molar-refractivity contribution in [3.63, 3.8) is 0 Å². The number of hydrogen-bond donors (Lipinski definition) is 2. The molecule has 3 aliphatic rings. The first-order valence-electron chi connectivity index (χ1n) is 8.57. The van der Waals surface area contributed by atoms with Gasteiger partial charge in [-0.05, 0) is 58.2 Å². The van der Waals surface area contributed by atoms with Crippen LogP contribution in [0.1, 0.15) is 45.4 Å². The zero-order valence-corrected chi connectivity index (χ0v) is 13.4. The molecule has 0 radical (unpaired) electrons. The van der Waals surface area contributed by atoms with Crippen LogP contribution >= 0.6 is 0 Å². The third-order valence-corrected chi connectivity index (χ3v) is 5.77. The van der Waals surface area contributed by atoms with E-state index in [0.29, 0.717) is 6.04 Å². The predicted molar refractivity (Wildman–Crippen MR) is 82.6 cm³/mol. The molecular formula is C16H27N3O3. The van der Waals surface area contributed by atoms with Crippen LogP contribution in [0.4, 0.5) is 0 Å². The van der Waals surface area contributed by atoms with Crippen LogP contribution in [0.2, 0.25) is 0 Å². The summed E-state index contributed by atoms with van der Waals surface area (Å²) in [6.07, 6.45) is 6.00. The fourth-order valence-electron chi connectivity index (χ4n) is 4.47. The maximum Gasteiger partial charge on any atom is 0.317 e. The average molecular weight is 309 g/mol. The fourth-order valence-corrected chi connectivity index (χ4v) is 4.47. The molecule has 0 atom stereocenters. The summed E-state index contributed by atoms with van der Waals surface area (Å²) in [6.45, 7) is 4.95. The predicted octanol–water partition coefficient (Wildman–Crippen LogP) is 0.669. The van der Waals surface area contributed by atoms with E-state index >= 15 is 0 Å². The molecule has 3 fully saturated rings. The Morgan fingerprint density at radius 2 is 1.91 bits per heavy atom. The molecule has 0 aromatic rings. The van der Waals surface area contributed by atoms with Gasteiger partial charge in [0.05, 0.1) is 6.54 Å². The number of hydrogen-bond acceptors (Lipinski definition) is 4. The first-order chi connectivity index (χ1) is 10.5. The minimum absolute atomic E-state index is 0.0968. The molecule has 0 bridgehead atoms. The molecule has 1 aliphatic carbocycles. The highest BCUT2D eigenvalue weighted by atomic mass is 16.4. The van der Waals surface area contributed by atoms with Gasteiger partial charge in [-0.3, -0.25) is 19.4 Å². The fraction of sp³-hybridized carbons (Fsp3) is 0.875. The first kappa shape index (κ1) is 15.7. The largest absolute Gasteiger partial charge is 0.480 e. The van der Waals surface area contributed by atoms with Crippen LogP contribution in [-0.4, -0.2) is 70.6 Å². The number of carbonyl (C=O) groups is 2. The number of carboxylic acid groups (broad SMARTS) is 1. The van der Waals surface area contributed by atoms with Crippen molar-refractivity contribution in [3.05, 3.63) is 0 Å². The SMILES string of the molecule is CCN(CC(=O)O)C1CC(NC(=O)C23CCCN2CCC3)C1. The number of amides is 1. The number of rotatable bonds is 6. The van der Waals surface area contributed by atoms with Crippen molar-refractivity contribution in [3.8, 4) is 0 Å². The van der Waals surface area contributed by atoms with Crippen molar-refractivity contribution < 1.29 is 14.7 Å². The number of carbonyl (C=O) groups excluding carboxylic acids is 1. The van der Waals surface area contributed by atoms with Crippen LogP contribution in [0.15, 0.2) is 0 Å². The molecular weight excluding hydrogens is 282 g/mol. The summed E-state index contributed by atoms with van der Waals surface area (Å²) in [6, 6.07) is 0.518. The van der Waals surface area contributed by atoms with Gasteiger partial charge in [-0.2, -0.15) is 0 Å². The van der Waals surface area contributed by atoms with E-state index in [1.54, 1.807) is 0 Å². The third-order valence-electron chi connectivity index (χ3n) is 5.77. The molecule has 0 spiro atoms. The molecule has 22 heavy (non-hydrogen) atoms. The quantitative estimate of drug-likeness (QED) is 0.754. The maximum absolute atomic E-state index is 12.7. The molecule has 6 heteroatoms. The maximum atomic E-state index is 12.7. The Bertz CT molecular complexity index is 438. The van der Waals surface area contributed by atoms with Crippen molar-refractivity contribution in [2.24, 2.45) is 0 Å². The zero-order chi connectivity index (χ0) is 15.7. The van der Waals surface area contributed by atoms with Gasteiger partial charge in [0.15, 0.2) is 0 Å². The van der Waals surface area contributed by atoms with Crippen LogP contribution < -0.4 is 5.32 Å². The number of aliphatic carboxylic acids is 1. The molecule has 0 unspecified atom stereocenters. The summed E-state index contributed by atoms with van der Waals surface area (Å²) in [7, 11) is 0. The molecule has 1 amide bonds. The summed E-state index contributed by atoms with van der Waals surface area (Å²) in [5.41, 5.74) is -0.226. The van der Waals surface area contributed by atoms with Crippen molar-refractivity contribution in [2.75, 3.05) is 26.2 Å². The zero-order valence-electron chi connectivity index (χ0n) is 13.4. The van der Waals surface area contributed by atoms with Crippen LogP contribution in [0.5, 0.6) is 0 Å². The van der Waals surface area contributed by atoms with Crippen molar-refractivity contribution >= 4 is 11.9 Å². The van der Waals surface area contributed by atoms with Gasteiger partial charge in [0, 0.05) is 12.1 Å². The van der Waals surface area contributed by atoms with Crippen molar-refractivity contribution in [1.82, 2.24) is 15.1 Å². The summed E-state index contributed by atoms with van der Waals surface area (Å²) < 4.78 is 0. The Morgan fingerprint density at radius 3 is 2.45 bits per heavy atom. The summed E-state index contributed by atoms with van der Waals surface area (Å²) in [5.74, 6) is -0.562. The van der Waals surface area contributed by atoms with E-state index in [-0.39, 0.29) is 24.0 Å². The lowest BCUT2D eigenvalue weighted by molar-refractivity contribution is -0.140. The third kappa shape index (κ3) is 2.74. The van der Waals surface area contributed by atoms with Crippen LogP contribution in [-0.2, 0) is 9.59 Å². The lowest BCUT2D eigenvalue weighted by atomic mass is 9.84. The van der Waals surface area contributed by atoms with E-state index in [1.807, 2.05) is 11.8 Å². The molecule has 1 saturated carbocycles. The van der Waals surface area contributed by atoms with Gasteiger partial charge >= 0.3 is 5.97 Å². The van der Waals surface area contributed by atoms with E-state index in [2.05, 4.69) is 10.2 Å². The van der Waals surface area contributed by atoms with E-state index in [1.165, 1.54) is 0 Å². The van der Waals surface area contributed by atoms with Crippen LogP contribution in [0.25, 0.3) is 0 Å². The Morgan fingerprint density at radius 1 is 1.27 bits per heavy atom. The normalized spacial score (nSPS) is 30.1. The molecule has 124 valence electrons. The van der Waals surface area contributed by atoms with Gasteiger partial charge in [-0.1, -0.05) is 6.92 Å². The number of carboxylic acids is 1. The Labute approximate surface area is 131 Å². The molecule has 2 saturated heterocycles. The number of nitrogens with zero attached hydrogens (tertiary/aromatic N) is 2. The number of nitrogens with one attached hydrogen (secondary N) is 1. The Kier molecular flexibility index (Phi) is 4.41. The highest BCUT2D eigenvalue weighted by Gasteiger charge is 2.51. The van der Waals surface area contributed by atoms with E-state index < -0.39 is 5.97 Å². The minimum Gasteiger partial charge on any atom is -0.480 e.